The van der Waals surface area contributed by atoms with E-state index in [-0.39, 0.29) is 5.91 Å². The number of para-hydroxylation sites is 1. The van der Waals surface area contributed by atoms with Crippen molar-refractivity contribution >= 4 is 52.2 Å². The molecule has 0 aliphatic heterocycles. The Balaban J connectivity index is 1.61. The summed E-state index contributed by atoms with van der Waals surface area (Å²) in [5, 5.41) is 16.1. The highest BCUT2D eigenvalue weighted by Gasteiger charge is 2.20. The SMILES string of the molecule is CC(C)CNC(=O)c1csc(CSc2nnc(-c3ccccc3Cl)n2-c2ccccc2Cl)n1. The number of aromatic nitrogens is 4. The van der Waals surface area contributed by atoms with Gasteiger partial charge in [-0.15, -0.1) is 21.5 Å². The van der Waals surface area contributed by atoms with E-state index in [9.17, 15) is 4.79 Å². The van der Waals surface area contributed by atoms with Gasteiger partial charge in [-0.25, -0.2) is 4.98 Å². The molecule has 0 radical (unpaired) electrons. The van der Waals surface area contributed by atoms with E-state index in [1.54, 1.807) is 5.38 Å². The summed E-state index contributed by atoms with van der Waals surface area (Å²) in [6, 6.07) is 15.0. The van der Waals surface area contributed by atoms with Gasteiger partial charge in [0.1, 0.15) is 10.7 Å². The van der Waals surface area contributed by atoms with Gasteiger partial charge in [0.25, 0.3) is 5.91 Å². The molecule has 1 N–H and O–H groups in total. The number of carbonyl (C=O) groups excluding carboxylic acids is 1. The topological polar surface area (TPSA) is 72.7 Å². The van der Waals surface area contributed by atoms with Gasteiger partial charge < -0.3 is 5.32 Å². The van der Waals surface area contributed by atoms with E-state index in [2.05, 4.69) is 34.3 Å². The minimum atomic E-state index is -0.156. The van der Waals surface area contributed by atoms with E-state index in [1.807, 2.05) is 53.1 Å². The van der Waals surface area contributed by atoms with Crippen molar-refractivity contribution in [2.45, 2.75) is 24.8 Å². The van der Waals surface area contributed by atoms with Gasteiger partial charge in [0, 0.05) is 17.5 Å². The van der Waals surface area contributed by atoms with Crippen molar-refractivity contribution in [2.24, 2.45) is 5.92 Å². The van der Waals surface area contributed by atoms with E-state index in [4.69, 9.17) is 23.2 Å². The molecule has 170 valence electrons. The van der Waals surface area contributed by atoms with Gasteiger partial charge in [-0.2, -0.15) is 0 Å². The molecule has 2 heterocycles. The second-order valence-corrected chi connectivity index (χ2v) is 10.3. The number of benzene rings is 2. The largest absolute Gasteiger partial charge is 0.350 e. The Morgan fingerprint density at radius 2 is 1.82 bits per heavy atom. The smallest absolute Gasteiger partial charge is 0.270 e. The number of nitrogens with one attached hydrogen (secondary N) is 1. The second-order valence-electron chi connectivity index (χ2n) is 7.59. The molecule has 0 saturated carbocycles. The van der Waals surface area contributed by atoms with Crippen LogP contribution in [0.3, 0.4) is 0 Å². The maximum atomic E-state index is 12.3. The van der Waals surface area contributed by atoms with Gasteiger partial charge in [0.2, 0.25) is 0 Å². The number of thioether (sulfide) groups is 1. The molecule has 0 unspecified atom stereocenters. The number of hydrogen-bond acceptors (Lipinski definition) is 6. The van der Waals surface area contributed by atoms with Crippen LogP contribution in [0.5, 0.6) is 0 Å². The van der Waals surface area contributed by atoms with Crippen molar-refractivity contribution in [2.75, 3.05) is 6.54 Å². The number of amides is 1. The fourth-order valence-electron chi connectivity index (χ4n) is 3.03. The Labute approximate surface area is 210 Å². The van der Waals surface area contributed by atoms with Gasteiger partial charge >= 0.3 is 0 Å². The van der Waals surface area contributed by atoms with Crippen LogP contribution < -0.4 is 5.32 Å². The van der Waals surface area contributed by atoms with E-state index in [1.165, 1.54) is 23.1 Å². The molecular formula is C23H21Cl2N5OS2. The van der Waals surface area contributed by atoms with Crippen LogP contribution in [-0.2, 0) is 5.75 Å². The predicted octanol–water partition coefficient (Wildman–Crippen LogP) is 6.38. The Morgan fingerprint density at radius 1 is 1.09 bits per heavy atom. The third kappa shape index (κ3) is 5.58. The van der Waals surface area contributed by atoms with Crippen LogP contribution in [0.1, 0.15) is 29.3 Å². The fourth-order valence-corrected chi connectivity index (χ4v) is 5.20. The molecule has 0 bridgehead atoms. The number of carbonyl (C=O) groups is 1. The fraction of sp³-hybridized carbons (Fsp3) is 0.217. The normalized spacial score (nSPS) is 11.2. The molecule has 0 aliphatic carbocycles. The summed E-state index contributed by atoms with van der Waals surface area (Å²) in [7, 11) is 0. The van der Waals surface area contributed by atoms with Gasteiger partial charge in [-0.3, -0.25) is 9.36 Å². The highest BCUT2D eigenvalue weighted by molar-refractivity contribution is 7.98. The monoisotopic (exact) mass is 517 g/mol. The van der Waals surface area contributed by atoms with Crippen molar-refractivity contribution in [3.63, 3.8) is 0 Å². The van der Waals surface area contributed by atoms with Gasteiger partial charge in [0.15, 0.2) is 11.0 Å². The Morgan fingerprint density at radius 3 is 2.55 bits per heavy atom. The van der Waals surface area contributed by atoms with Crippen LogP contribution >= 0.6 is 46.3 Å². The lowest BCUT2D eigenvalue weighted by Gasteiger charge is -2.12. The number of thiazole rings is 1. The van der Waals surface area contributed by atoms with Gasteiger partial charge in [-0.1, -0.05) is 73.1 Å². The zero-order valence-corrected chi connectivity index (χ0v) is 21.1. The molecule has 0 aliphatic rings. The van der Waals surface area contributed by atoms with Crippen LogP contribution in [0.25, 0.3) is 17.1 Å². The van der Waals surface area contributed by atoms with E-state index < -0.39 is 0 Å². The first-order chi connectivity index (χ1) is 15.9. The van der Waals surface area contributed by atoms with E-state index >= 15 is 0 Å². The lowest BCUT2D eigenvalue weighted by molar-refractivity contribution is 0.0944. The molecule has 0 fully saturated rings. The van der Waals surface area contributed by atoms with Crippen molar-refractivity contribution in [3.05, 3.63) is 74.7 Å². The molecule has 33 heavy (non-hydrogen) atoms. The highest BCUT2D eigenvalue weighted by Crippen LogP contribution is 2.35. The molecule has 4 rings (SSSR count). The summed E-state index contributed by atoms with van der Waals surface area (Å²) in [4.78, 5) is 16.8. The third-order valence-electron chi connectivity index (χ3n) is 4.62. The third-order valence-corrected chi connectivity index (χ3v) is 7.24. The molecule has 0 saturated heterocycles. The number of nitrogens with zero attached hydrogens (tertiary/aromatic N) is 4. The zero-order chi connectivity index (χ0) is 23.4. The molecule has 2 aromatic heterocycles. The molecule has 0 spiro atoms. The van der Waals surface area contributed by atoms with E-state index in [0.29, 0.717) is 44.9 Å². The number of rotatable bonds is 8. The van der Waals surface area contributed by atoms with Gasteiger partial charge in [-0.05, 0) is 30.2 Å². The zero-order valence-electron chi connectivity index (χ0n) is 18.0. The van der Waals surface area contributed by atoms with Crippen molar-refractivity contribution in [1.29, 1.82) is 0 Å². The lowest BCUT2D eigenvalue weighted by Crippen LogP contribution is -2.27. The summed E-state index contributed by atoms with van der Waals surface area (Å²) >= 11 is 15.9. The van der Waals surface area contributed by atoms with Crippen LogP contribution in [0, 0.1) is 5.92 Å². The number of halogens is 2. The predicted molar refractivity (Wildman–Crippen MR) is 136 cm³/mol. The minimum Gasteiger partial charge on any atom is -0.350 e. The van der Waals surface area contributed by atoms with Crippen LogP contribution in [0.4, 0.5) is 0 Å². The van der Waals surface area contributed by atoms with Crippen LogP contribution in [0.2, 0.25) is 10.0 Å². The summed E-state index contributed by atoms with van der Waals surface area (Å²) < 4.78 is 1.90. The Kier molecular flexibility index (Phi) is 7.70. The maximum Gasteiger partial charge on any atom is 0.270 e. The second kappa shape index (κ2) is 10.7. The lowest BCUT2D eigenvalue weighted by atomic mass is 10.2. The summed E-state index contributed by atoms with van der Waals surface area (Å²) in [5.74, 6) is 1.36. The standard InChI is InChI=1S/C23H21Cl2N5OS2/c1-14(2)11-26-22(31)18-12-32-20(27-18)13-33-23-29-28-21(15-7-3-4-8-16(15)24)30(23)19-10-6-5-9-17(19)25/h3-10,12,14H,11,13H2,1-2H3,(H,26,31). The average Bonchev–Trinajstić information content (AvgIpc) is 3.44. The molecule has 6 nitrogen and oxygen atoms in total. The summed E-state index contributed by atoms with van der Waals surface area (Å²) in [6.45, 7) is 4.72. The van der Waals surface area contributed by atoms with Crippen molar-refractivity contribution in [3.8, 4) is 17.1 Å². The first kappa shape index (κ1) is 23.8. The van der Waals surface area contributed by atoms with Crippen LogP contribution in [-0.4, -0.2) is 32.2 Å². The van der Waals surface area contributed by atoms with Crippen LogP contribution in [0.15, 0.2) is 59.1 Å². The average molecular weight is 518 g/mol. The van der Waals surface area contributed by atoms with Gasteiger partial charge in [0.05, 0.1) is 21.5 Å². The first-order valence-corrected chi connectivity index (χ1v) is 12.9. The minimum absolute atomic E-state index is 0.156. The molecule has 1 amide bonds. The Hall–Kier alpha value is -2.39. The number of hydrogen-bond donors (Lipinski definition) is 1. The van der Waals surface area contributed by atoms with Crippen molar-refractivity contribution < 1.29 is 4.79 Å². The summed E-state index contributed by atoms with van der Waals surface area (Å²) in [6.07, 6.45) is 0. The summed E-state index contributed by atoms with van der Waals surface area (Å²) in [5.41, 5.74) is 1.95. The maximum absolute atomic E-state index is 12.3. The quantitative estimate of drug-likeness (QED) is 0.274. The molecule has 4 aromatic rings. The molecule has 0 atom stereocenters. The molecular weight excluding hydrogens is 497 g/mol. The molecule has 10 heteroatoms. The highest BCUT2D eigenvalue weighted by atomic mass is 35.5. The van der Waals surface area contributed by atoms with E-state index in [0.717, 1.165) is 16.3 Å². The Bertz CT molecular complexity index is 1270. The molecule has 2 aromatic carbocycles. The first-order valence-electron chi connectivity index (χ1n) is 10.2. The van der Waals surface area contributed by atoms with Crippen molar-refractivity contribution in [1.82, 2.24) is 25.1 Å².